The third-order valence-electron chi connectivity index (χ3n) is 3.37. The van der Waals surface area contributed by atoms with Gasteiger partial charge >= 0.3 is 0 Å². The van der Waals surface area contributed by atoms with Crippen molar-refractivity contribution < 1.29 is 18.0 Å². The highest BCUT2D eigenvalue weighted by molar-refractivity contribution is 7.09. The smallest absolute Gasteiger partial charge is 0.259 e. The van der Waals surface area contributed by atoms with Gasteiger partial charge in [-0.1, -0.05) is 0 Å². The SMILES string of the molecule is Cc1csc(CN2C(=O)c3c(cc(F)c(F)c3F)C2C#N)n1. The number of aryl methyl sites for hydroxylation is 1. The van der Waals surface area contributed by atoms with Gasteiger partial charge in [0.1, 0.15) is 11.0 Å². The first-order chi connectivity index (χ1) is 10.4. The second kappa shape index (κ2) is 5.10. The van der Waals surface area contributed by atoms with Crippen LogP contribution in [0.3, 0.4) is 0 Å². The summed E-state index contributed by atoms with van der Waals surface area (Å²) < 4.78 is 40.6. The lowest BCUT2D eigenvalue weighted by Crippen LogP contribution is -2.27. The van der Waals surface area contributed by atoms with E-state index in [0.717, 1.165) is 10.6 Å². The first-order valence-corrected chi connectivity index (χ1v) is 7.11. The van der Waals surface area contributed by atoms with Crippen LogP contribution in [0.25, 0.3) is 0 Å². The van der Waals surface area contributed by atoms with Crippen LogP contribution >= 0.6 is 11.3 Å². The average Bonchev–Trinajstić information content (AvgIpc) is 2.99. The van der Waals surface area contributed by atoms with Crippen molar-refractivity contribution in [2.45, 2.75) is 19.5 Å². The molecule has 1 aromatic carbocycles. The molecule has 0 fully saturated rings. The van der Waals surface area contributed by atoms with Gasteiger partial charge in [0, 0.05) is 16.6 Å². The average molecular weight is 323 g/mol. The van der Waals surface area contributed by atoms with E-state index >= 15 is 0 Å². The molecule has 8 heteroatoms. The molecule has 22 heavy (non-hydrogen) atoms. The van der Waals surface area contributed by atoms with Crippen molar-refractivity contribution in [2.75, 3.05) is 0 Å². The van der Waals surface area contributed by atoms with Gasteiger partial charge in [0.15, 0.2) is 17.5 Å². The van der Waals surface area contributed by atoms with Crippen LogP contribution in [0.15, 0.2) is 11.4 Å². The minimum Gasteiger partial charge on any atom is -0.312 e. The van der Waals surface area contributed by atoms with Crippen LogP contribution in [0.1, 0.15) is 32.7 Å². The predicted octanol–water partition coefficient (Wildman–Crippen LogP) is 3.09. The molecule has 1 aliphatic heterocycles. The summed E-state index contributed by atoms with van der Waals surface area (Å²) in [5, 5.41) is 11.6. The first-order valence-electron chi connectivity index (χ1n) is 6.23. The third-order valence-corrected chi connectivity index (χ3v) is 4.32. The number of hydrogen-bond donors (Lipinski definition) is 0. The van der Waals surface area contributed by atoms with E-state index in [2.05, 4.69) is 4.98 Å². The van der Waals surface area contributed by atoms with Crippen LogP contribution < -0.4 is 0 Å². The molecular formula is C14H8F3N3OS. The molecule has 3 rings (SSSR count). The Hall–Kier alpha value is -2.40. The van der Waals surface area contributed by atoms with Crippen LogP contribution in [0.5, 0.6) is 0 Å². The first kappa shape index (κ1) is 14.5. The second-order valence-electron chi connectivity index (χ2n) is 4.80. The number of nitriles is 1. The van der Waals surface area contributed by atoms with Crippen molar-refractivity contribution in [2.24, 2.45) is 0 Å². The summed E-state index contributed by atoms with van der Waals surface area (Å²) in [4.78, 5) is 17.5. The lowest BCUT2D eigenvalue weighted by atomic mass is 10.0. The van der Waals surface area contributed by atoms with Crippen molar-refractivity contribution in [3.63, 3.8) is 0 Å². The molecule has 0 bridgehead atoms. The zero-order valence-electron chi connectivity index (χ0n) is 11.2. The summed E-state index contributed by atoms with van der Waals surface area (Å²) in [5.74, 6) is -5.53. The number of hydrogen-bond acceptors (Lipinski definition) is 4. The fourth-order valence-corrected chi connectivity index (χ4v) is 3.17. The van der Waals surface area contributed by atoms with E-state index in [0.29, 0.717) is 11.1 Å². The number of carbonyl (C=O) groups is 1. The van der Waals surface area contributed by atoms with E-state index in [1.54, 1.807) is 12.3 Å². The molecule has 1 aliphatic rings. The summed E-state index contributed by atoms with van der Waals surface area (Å²) in [5.41, 5.74) is 0.0110. The number of amides is 1. The van der Waals surface area contributed by atoms with Crippen molar-refractivity contribution in [3.8, 4) is 6.07 Å². The Balaban J connectivity index is 2.06. The van der Waals surface area contributed by atoms with Gasteiger partial charge in [-0.2, -0.15) is 5.26 Å². The Labute approximate surface area is 127 Å². The van der Waals surface area contributed by atoms with E-state index < -0.39 is 35.0 Å². The molecule has 0 N–H and O–H groups in total. The number of fused-ring (bicyclic) bond motifs is 1. The lowest BCUT2D eigenvalue weighted by molar-refractivity contribution is 0.0740. The van der Waals surface area contributed by atoms with E-state index in [9.17, 15) is 23.2 Å². The Morgan fingerprint density at radius 2 is 2.14 bits per heavy atom. The minimum atomic E-state index is -1.71. The molecule has 2 heterocycles. The van der Waals surface area contributed by atoms with Crippen LogP contribution in [0.4, 0.5) is 13.2 Å². The maximum atomic E-state index is 13.9. The zero-order chi connectivity index (χ0) is 16.0. The minimum absolute atomic E-state index is 0.0209. The monoisotopic (exact) mass is 323 g/mol. The fraction of sp³-hybridized carbons (Fsp3) is 0.214. The van der Waals surface area contributed by atoms with Crippen molar-refractivity contribution in [1.82, 2.24) is 9.88 Å². The maximum Gasteiger partial charge on any atom is 0.259 e. The van der Waals surface area contributed by atoms with Crippen LogP contribution in [0.2, 0.25) is 0 Å². The Bertz CT molecular complexity index is 827. The molecule has 1 unspecified atom stereocenters. The molecule has 0 radical (unpaired) electrons. The van der Waals surface area contributed by atoms with Gasteiger partial charge in [-0.3, -0.25) is 4.79 Å². The highest BCUT2D eigenvalue weighted by Crippen LogP contribution is 2.37. The van der Waals surface area contributed by atoms with E-state index in [-0.39, 0.29) is 12.1 Å². The van der Waals surface area contributed by atoms with Gasteiger partial charge in [-0.05, 0) is 13.0 Å². The maximum absolute atomic E-state index is 13.9. The largest absolute Gasteiger partial charge is 0.312 e. The number of rotatable bonds is 2. The number of halogens is 3. The van der Waals surface area contributed by atoms with Gasteiger partial charge in [-0.15, -0.1) is 11.3 Å². The molecule has 0 aliphatic carbocycles. The number of thiazole rings is 1. The molecule has 0 saturated heterocycles. The van der Waals surface area contributed by atoms with Crippen molar-refractivity contribution in [1.29, 1.82) is 5.26 Å². The molecule has 4 nitrogen and oxygen atoms in total. The van der Waals surface area contributed by atoms with Gasteiger partial charge in [0.25, 0.3) is 5.91 Å². The number of benzene rings is 1. The fourth-order valence-electron chi connectivity index (χ4n) is 2.40. The lowest BCUT2D eigenvalue weighted by Gasteiger charge is -2.18. The molecule has 2 aromatic rings. The van der Waals surface area contributed by atoms with Crippen LogP contribution in [0, 0.1) is 35.7 Å². The Morgan fingerprint density at radius 1 is 1.41 bits per heavy atom. The topological polar surface area (TPSA) is 57.0 Å². The molecule has 1 atom stereocenters. The highest BCUT2D eigenvalue weighted by Gasteiger charge is 2.41. The van der Waals surface area contributed by atoms with Crippen LogP contribution in [-0.2, 0) is 6.54 Å². The summed E-state index contributed by atoms with van der Waals surface area (Å²) in [6.45, 7) is 1.75. The van der Waals surface area contributed by atoms with Gasteiger partial charge < -0.3 is 4.90 Å². The zero-order valence-corrected chi connectivity index (χ0v) is 12.0. The van der Waals surface area contributed by atoms with Gasteiger partial charge in [0.2, 0.25) is 0 Å². The normalized spacial score (nSPS) is 16.8. The van der Waals surface area contributed by atoms with E-state index in [4.69, 9.17) is 0 Å². The molecule has 1 aromatic heterocycles. The summed E-state index contributed by atoms with van der Waals surface area (Å²) in [6.07, 6.45) is 0. The molecule has 112 valence electrons. The molecule has 0 saturated carbocycles. The molecule has 1 amide bonds. The predicted molar refractivity (Wildman–Crippen MR) is 71.4 cm³/mol. The third kappa shape index (κ3) is 2.05. The quantitative estimate of drug-likeness (QED) is 0.798. The van der Waals surface area contributed by atoms with Gasteiger partial charge in [0.05, 0.1) is 18.2 Å². The standard InChI is InChI=1S/C14H8F3N3OS/c1-6-5-22-10(19-6)4-20-9(3-18)7-2-8(15)12(16)13(17)11(7)14(20)21/h2,5,9H,4H2,1H3. The van der Waals surface area contributed by atoms with E-state index in [1.165, 1.54) is 11.3 Å². The molecular weight excluding hydrogens is 315 g/mol. The highest BCUT2D eigenvalue weighted by atomic mass is 32.1. The Morgan fingerprint density at radius 3 is 2.73 bits per heavy atom. The Kier molecular flexibility index (Phi) is 3.37. The van der Waals surface area contributed by atoms with E-state index in [1.807, 2.05) is 6.07 Å². The van der Waals surface area contributed by atoms with Crippen molar-refractivity contribution >= 4 is 17.2 Å². The molecule has 0 spiro atoms. The summed E-state index contributed by atoms with van der Waals surface area (Å²) >= 11 is 1.28. The number of nitrogens with zero attached hydrogens (tertiary/aromatic N) is 3. The summed E-state index contributed by atoms with van der Waals surface area (Å²) in [6, 6.07) is 1.36. The second-order valence-corrected chi connectivity index (χ2v) is 5.74. The number of aromatic nitrogens is 1. The number of carbonyl (C=O) groups excluding carboxylic acids is 1. The van der Waals surface area contributed by atoms with Gasteiger partial charge in [-0.25, -0.2) is 18.2 Å². The van der Waals surface area contributed by atoms with Crippen molar-refractivity contribution in [3.05, 3.63) is 50.7 Å². The van der Waals surface area contributed by atoms with Crippen LogP contribution in [-0.4, -0.2) is 15.8 Å². The summed E-state index contributed by atoms with van der Waals surface area (Å²) in [7, 11) is 0.